The van der Waals surface area contributed by atoms with Gasteiger partial charge in [-0.05, 0) is 48.4 Å². The molecular formula is C30H31N7O2S. The van der Waals surface area contributed by atoms with Crippen molar-refractivity contribution in [3.05, 3.63) is 95.3 Å². The van der Waals surface area contributed by atoms with Crippen LogP contribution in [0.15, 0.2) is 78.3 Å². The second-order valence-corrected chi connectivity index (χ2v) is 10.6. The van der Waals surface area contributed by atoms with Crippen LogP contribution in [0.5, 0.6) is 0 Å². The molecule has 2 amide bonds. The molecule has 40 heavy (non-hydrogen) atoms. The lowest BCUT2D eigenvalue weighted by Gasteiger charge is -2.23. The van der Waals surface area contributed by atoms with Crippen molar-refractivity contribution in [1.82, 2.24) is 19.9 Å². The first-order chi connectivity index (χ1) is 19.3. The lowest BCUT2D eigenvalue weighted by Crippen LogP contribution is -2.26. The van der Waals surface area contributed by atoms with E-state index in [1.165, 1.54) is 11.3 Å². The lowest BCUT2D eigenvalue weighted by molar-refractivity contribution is 0.0948. The van der Waals surface area contributed by atoms with Crippen molar-refractivity contribution in [2.75, 3.05) is 49.9 Å². The van der Waals surface area contributed by atoms with Crippen molar-refractivity contribution in [1.29, 1.82) is 0 Å². The predicted molar refractivity (Wildman–Crippen MR) is 162 cm³/mol. The number of hydrogen-bond acceptors (Lipinski definition) is 7. The molecule has 0 fully saturated rings. The second-order valence-electron chi connectivity index (χ2n) is 9.72. The van der Waals surface area contributed by atoms with Crippen LogP contribution in [0.25, 0.3) is 16.7 Å². The number of pyridine rings is 1. The van der Waals surface area contributed by atoms with Crippen LogP contribution in [0.1, 0.15) is 26.5 Å². The van der Waals surface area contributed by atoms with E-state index in [4.69, 9.17) is 0 Å². The zero-order valence-electron chi connectivity index (χ0n) is 22.9. The minimum Gasteiger partial charge on any atom is -0.376 e. The van der Waals surface area contributed by atoms with E-state index in [0.717, 1.165) is 27.8 Å². The number of nitrogens with zero attached hydrogens (tertiary/aromatic N) is 5. The average Bonchev–Trinajstić information content (AvgIpc) is 3.58. The van der Waals surface area contributed by atoms with Crippen molar-refractivity contribution in [2.45, 2.75) is 6.42 Å². The molecule has 0 saturated heterocycles. The van der Waals surface area contributed by atoms with E-state index in [1.54, 1.807) is 11.6 Å². The van der Waals surface area contributed by atoms with E-state index >= 15 is 0 Å². The molecule has 0 saturated carbocycles. The topological polar surface area (TPSA) is 95.4 Å². The van der Waals surface area contributed by atoms with E-state index < -0.39 is 0 Å². The Labute approximate surface area is 237 Å². The van der Waals surface area contributed by atoms with E-state index in [0.29, 0.717) is 29.6 Å². The van der Waals surface area contributed by atoms with Crippen LogP contribution in [0.2, 0.25) is 0 Å². The summed E-state index contributed by atoms with van der Waals surface area (Å²) < 4.78 is 1.82. The average molecular weight is 554 g/mol. The summed E-state index contributed by atoms with van der Waals surface area (Å²) in [4.78, 5) is 39.1. The molecule has 9 nitrogen and oxygen atoms in total. The van der Waals surface area contributed by atoms with Gasteiger partial charge in [0.1, 0.15) is 17.2 Å². The summed E-state index contributed by atoms with van der Waals surface area (Å²) in [7, 11) is 8.08. The lowest BCUT2D eigenvalue weighted by atomic mass is 10.1. The number of nitrogens with one attached hydrogen (secondary N) is 2. The summed E-state index contributed by atoms with van der Waals surface area (Å²) in [6, 6.07) is 21.5. The number of thiazole rings is 1. The molecule has 0 spiro atoms. The van der Waals surface area contributed by atoms with Gasteiger partial charge >= 0.3 is 0 Å². The van der Waals surface area contributed by atoms with Crippen LogP contribution >= 0.6 is 11.3 Å². The molecule has 10 heteroatoms. The maximum Gasteiger partial charge on any atom is 0.274 e. The molecule has 204 valence electrons. The van der Waals surface area contributed by atoms with Gasteiger partial charge in [-0.1, -0.05) is 30.3 Å². The third kappa shape index (κ3) is 5.67. The van der Waals surface area contributed by atoms with Crippen LogP contribution in [0.4, 0.5) is 16.5 Å². The quantitative estimate of drug-likeness (QED) is 0.271. The van der Waals surface area contributed by atoms with E-state index in [9.17, 15) is 9.59 Å². The number of para-hydroxylation sites is 1. The zero-order valence-corrected chi connectivity index (χ0v) is 23.7. The Morgan fingerprint density at radius 3 is 2.42 bits per heavy atom. The minimum atomic E-state index is -0.332. The molecule has 5 aromatic rings. The van der Waals surface area contributed by atoms with Gasteiger partial charge in [0.15, 0.2) is 5.13 Å². The summed E-state index contributed by atoms with van der Waals surface area (Å²) in [5, 5.41) is 8.71. The number of anilines is 3. The van der Waals surface area contributed by atoms with Gasteiger partial charge in [-0.2, -0.15) is 0 Å². The standard InChI is InChI=1S/C30H31N7O2S/c1-35(2)24-13-12-20(17-25(24)36(3)4)14-16-32-28(38)22-19-40-30(33-22)34-29(39)26-18-21-9-5-6-10-23(21)37(26)27-11-7-8-15-31-27/h5-13,15,17-19H,14,16H2,1-4H3,(H,32,38)(H,33,34,39). The number of carbonyl (C=O) groups excluding carboxylic acids is 2. The number of rotatable bonds is 9. The zero-order chi connectivity index (χ0) is 28.2. The summed E-state index contributed by atoms with van der Waals surface area (Å²) in [6.07, 6.45) is 2.38. The van der Waals surface area contributed by atoms with Crippen molar-refractivity contribution in [3.63, 3.8) is 0 Å². The van der Waals surface area contributed by atoms with Crippen LogP contribution in [0.3, 0.4) is 0 Å². The molecule has 0 aliphatic carbocycles. The molecule has 2 aromatic carbocycles. The first-order valence-electron chi connectivity index (χ1n) is 12.9. The van der Waals surface area contributed by atoms with Gasteiger partial charge in [-0.15, -0.1) is 11.3 Å². The Hall–Kier alpha value is -4.70. The molecular weight excluding hydrogens is 522 g/mol. The summed E-state index contributed by atoms with van der Waals surface area (Å²) in [5.41, 5.74) is 4.95. The monoisotopic (exact) mass is 553 g/mol. The third-order valence-corrected chi connectivity index (χ3v) is 7.24. The summed E-state index contributed by atoms with van der Waals surface area (Å²) in [5.74, 6) is 0.0280. The Morgan fingerprint density at radius 2 is 1.68 bits per heavy atom. The highest BCUT2D eigenvalue weighted by molar-refractivity contribution is 7.14. The second kappa shape index (κ2) is 11.6. The van der Waals surface area contributed by atoms with E-state index in [1.807, 2.05) is 81.3 Å². The Kier molecular flexibility index (Phi) is 7.79. The van der Waals surface area contributed by atoms with Crippen LogP contribution < -0.4 is 20.4 Å². The highest BCUT2D eigenvalue weighted by Gasteiger charge is 2.19. The first-order valence-corrected chi connectivity index (χ1v) is 13.7. The maximum absolute atomic E-state index is 13.3. The van der Waals surface area contributed by atoms with E-state index in [-0.39, 0.29) is 17.5 Å². The van der Waals surface area contributed by atoms with Crippen molar-refractivity contribution < 1.29 is 9.59 Å². The third-order valence-electron chi connectivity index (χ3n) is 6.48. The highest BCUT2D eigenvalue weighted by Crippen LogP contribution is 2.28. The van der Waals surface area contributed by atoms with Gasteiger partial charge in [0.05, 0.1) is 16.9 Å². The molecule has 0 radical (unpaired) electrons. The summed E-state index contributed by atoms with van der Waals surface area (Å²) in [6.45, 7) is 0.469. The first kappa shape index (κ1) is 26.9. The fourth-order valence-electron chi connectivity index (χ4n) is 4.52. The maximum atomic E-state index is 13.3. The molecule has 3 aromatic heterocycles. The Balaban J connectivity index is 1.25. The number of fused-ring (bicyclic) bond motifs is 1. The Bertz CT molecular complexity index is 1660. The molecule has 3 heterocycles. The van der Waals surface area contributed by atoms with Crippen molar-refractivity contribution in [2.24, 2.45) is 0 Å². The molecule has 0 atom stereocenters. The predicted octanol–water partition coefficient (Wildman–Crippen LogP) is 4.84. The van der Waals surface area contributed by atoms with Crippen molar-refractivity contribution >= 4 is 50.6 Å². The van der Waals surface area contributed by atoms with E-state index in [2.05, 4.69) is 48.6 Å². The van der Waals surface area contributed by atoms with Gasteiger partial charge in [-0.3, -0.25) is 19.5 Å². The molecule has 0 unspecified atom stereocenters. The largest absolute Gasteiger partial charge is 0.376 e. The molecule has 0 aliphatic rings. The molecule has 0 aliphatic heterocycles. The number of benzene rings is 2. The normalized spacial score (nSPS) is 10.9. The van der Waals surface area contributed by atoms with Crippen LogP contribution in [-0.4, -0.2) is 61.1 Å². The molecule has 0 bridgehead atoms. The number of carbonyl (C=O) groups is 2. The molecule has 5 rings (SSSR count). The van der Waals surface area contributed by atoms with Gasteiger partial charge in [0.2, 0.25) is 0 Å². The number of hydrogen-bond donors (Lipinski definition) is 2. The number of aromatic nitrogens is 3. The fraction of sp³-hybridized carbons (Fsp3) is 0.200. The number of amides is 2. The van der Waals surface area contributed by atoms with Crippen molar-refractivity contribution in [3.8, 4) is 5.82 Å². The minimum absolute atomic E-state index is 0.266. The van der Waals surface area contributed by atoms with Gasteiger partial charge in [0, 0.05) is 51.7 Å². The highest BCUT2D eigenvalue weighted by atomic mass is 32.1. The van der Waals surface area contributed by atoms with Gasteiger partial charge in [-0.25, -0.2) is 9.97 Å². The van der Waals surface area contributed by atoms with Gasteiger partial charge < -0.3 is 15.1 Å². The SMILES string of the molecule is CN(C)c1ccc(CCNC(=O)c2csc(NC(=O)c3cc4ccccc4n3-c3ccccn3)n2)cc1N(C)C. The van der Waals surface area contributed by atoms with Crippen LogP contribution in [0, 0.1) is 0 Å². The molecule has 2 N–H and O–H groups in total. The smallest absolute Gasteiger partial charge is 0.274 e. The van der Waals surface area contributed by atoms with Gasteiger partial charge in [0.25, 0.3) is 11.8 Å². The Morgan fingerprint density at radius 1 is 0.900 bits per heavy atom. The summed E-state index contributed by atoms with van der Waals surface area (Å²) >= 11 is 1.21. The van der Waals surface area contributed by atoms with Crippen LogP contribution in [-0.2, 0) is 6.42 Å². The fourth-order valence-corrected chi connectivity index (χ4v) is 5.21.